The van der Waals surface area contributed by atoms with Crippen LogP contribution in [-0.2, 0) is 9.53 Å². The van der Waals surface area contributed by atoms with Gasteiger partial charge >= 0.3 is 0 Å². The van der Waals surface area contributed by atoms with Crippen LogP contribution in [0, 0.1) is 13.8 Å². The predicted molar refractivity (Wildman–Crippen MR) is 135 cm³/mol. The molecule has 0 saturated carbocycles. The molecule has 0 bridgehead atoms. The first-order valence-electron chi connectivity index (χ1n) is 12.1. The molecule has 3 aromatic rings. The molecule has 0 unspecified atom stereocenters. The molecule has 0 aliphatic carbocycles. The second kappa shape index (κ2) is 11.7. The quantitative estimate of drug-likeness (QED) is 0.424. The number of hydrogen-bond acceptors (Lipinski definition) is 5. The number of carbonyl (C=O) groups is 1. The molecule has 1 aliphatic rings. The van der Waals surface area contributed by atoms with Crippen LogP contribution in [0.5, 0.6) is 11.5 Å². The summed E-state index contributed by atoms with van der Waals surface area (Å²) in [6.45, 7) is 7.14. The van der Waals surface area contributed by atoms with Crippen LogP contribution in [0.2, 0.25) is 0 Å². The first kappa shape index (κ1) is 24.5. The third-order valence-corrected chi connectivity index (χ3v) is 5.83. The Bertz CT molecular complexity index is 1120. The van der Waals surface area contributed by atoms with E-state index >= 15 is 0 Å². The van der Waals surface area contributed by atoms with Gasteiger partial charge in [-0.1, -0.05) is 42.3 Å². The standard InChI is InChI=1S/C28H33N3O4/c1-4-15-29-27(32)14-9-22-17-31(19-30-22)28-16-25(34-24-12-7-21(3)8-13-24)26(35-28)18-33-23-10-5-20(2)6-11-23/h5-14,17,19,25-26,28H,4,15-16,18H2,1-3H3,(H,29,32)/b14-9+/t25-,26+,28+/m0/s1. The molecule has 1 aliphatic heterocycles. The maximum atomic E-state index is 11.8. The van der Waals surface area contributed by atoms with E-state index in [0.717, 1.165) is 17.9 Å². The number of rotatable bonds is 10. The Labute approximate surface area is 206 Å². The molecular weight excluding hydrogens is 442 g/mol. The maximum Gasteiger partial charge on any atom is 0.244 e. The van der Waals surface area contributed by atoms with Crippen LogP contribution in [0.4, 0.5) is 0 Å². The number of carbonyl (C=O) groups excluding carboxylic acids is 1. The number of nitrogens with zero attached hydrogens (tertiary/aromatic N) is 2. The fourth-order valence-electron chi connectivity index (χ4n) is 3.83. The second-order valence-corrected chi connectivity index (χ2v) is 8.83. The Morgan fingerprint density at radius 1 is 1.11 bits per heavy atom. The molecular formula is C28H33N3O4. The van der Waals surface area contributed by atoms with Gasteiger partial charge in [0.05, 0.1) is 12.0 Å². The molecule has 1 aromatic heterocycles. The van der Waals surface area contributed by atoms with E-state index in [2.05, 4.69) is 17.2 Å². The summed E-state index contributed by atoms with van der Waals surface area (Å²) in [5.74, 6) is 1.48. The monoisotopic (exact) mass is 475 g/mol. The van der Waals surface area contributed by atoms with Gasteiger partial charge in [-0.2, -0.15) is 0 Å². The van der Waals surface area contributed by atoms with Gasteiger partial charge in [0.1, 0.15) is 36.5 Å². The van der Waals surface area contributed by atoms with Crippen molar-refractivity contribution in [3.05, 3.63) is 84.0 Å². The largest absolute Gasteiger partial charge is 0.491 e. The number of ether oxygens (including phenoxy) is 3. The summed E-state index contributed by atoms with van der Waals surface area (Å²) < 4.78 is 20.6. The summed E-state index contributed by atoms with van der Waals surface area (Å²) in [4.78, 5) is 16.2. The minimum atomic E-state index is -0.260. The zero-order valence-electron chi connectivity index (χ0n) is 20.5. The van der Waals surface area contributed by atoms with Crippen molar-refractivity contribution in [3.63, 3.8) is 0 Å². The van der Waals surface area contributed by atoms with Crippen molar-refractivity contribution in [2.75, 3.05) is 13.2 Å². The number of hydrogen-bond donors (Lipinski definition) is 1. The zero-order valence-corrected chi connectivity index (χ0v) is 20.5. The molecule has 0 radical (unpaired) electrons. The highest BCUT2D eigenvalue weighted by Gasteiger charge is 2.38. The predicted octanol–water partition coefficient (Wildman–Crippen LogP) is 4.85. The van der Waals surface area contributed by atoms with Crippen LogP contribution >= 0.6 is 0 Å². The summed E-state index contributed by atoms with van der Waals surface area (Å²) in [6, 6.07) is 16.0. The van der Waals surface area contributed by atoms with E-state index < -0.39 is 0 Å². The number of amides is 1. The lowest BCUT2D eigenvalue weighted by Crippen LogP contribution is -2.32. The Kier molecular flexibility index (Phi) is 8.21. The lowest BCUT2D eigenvalue weighted by atomic mass is 10.1. The van der Waals surface area contributed by atoms with Gasteiger partial charge in [0.15, 0.2) is 0 Å². The molecule has 0 spiro atoms. The van der Waals surface area contributed by atoms with Crippen LogP contribution in [0.25, 0.3) is 6.08 Å². The van der Waals surface area contributed by atoms with E-state index in [1.165, 1.54) is 17.2 Å². The Hall–Kier alpha value is -3.58. The van der Waals surface area contributed by atoms with E-state index in [0.29, 0.717) is 25.3 Å². The highest BCUT2D eigenvalue weighted by Crippen LogP contribution is 2.32. The van der Waals surface area contributed by atoms with Gasteiger partial charge in [0.2, 0.25) is 5.91 Å². The smallest absolute Gasteiger partial charge is 0.244 e. The third kappa shape index (κ3) is 6.96. The van der Waals surface area contributed by atoms with E-state index in [9.17, 15) is 4.79 Å². The van der Waals surface area contributed by atoms with Gasteiger partial charge in [-0.25, -0.2) is 4.98 Å². The molecule has 7 nitrogen and oxygen atoms in total. The average molecular weight is 476 g/mol. The molecule has 2 heterocycles. The zero-order chi connectivity index (χ0) is 24.6. The van der Waals surface area contributed by atoms with Gasteiger partial charge in [-0.15, -0.1) is 0 Å². The van der Waals surface area contributed by atoms with Crippen molar-refractivity contribution < 1.29 is 19.0 Å². The number of imidazole rings is 1. The number of aryl methyl sites for hydroxylation is 2. The van der Waals surface area contributed by atoms with E-state index in [1.807, 2.05) is 73.1 Å². The molecule has 4 rings (SSSR count). The van der Waals surface area contributed by atoms with Gasteiger partial charge in [-0.3, -0.25) is 4.79 Å². The topological polar surface area (TPSA) is 74.6 Å². The average Bonchev–Trinajstić information content (AvgIpc) is 3.49. The lowest BCUT2D eigenvalue weighted by molar-refractivity contribution is -0.116. The highest BCUT2D eigenvalue weighted by molar-refractivity contribution is 5.91. The highest BCUT2D eigenvalue weighted by atomic mass is 16.6. The normalized spacial score (nSPS) is 19.7. The first-order valence-corrected chi connectivity index (χ1v) is 12.1. The molecule has 1 fully saturated rings. The van der Waals surface area contributed by atoms with Gasteiger partial charge in [0, 0.05) is 25.2 Å². The van der Waals surface area contributed by atoms with Gasteiger partial charge in [0.25, 0.3) is 0 Å². The van der Waals surface area contributed by atoms with Crippen molar-refractivity contribution in [2.24, 2.45) is 0 Å². The number of aromatic nitrogens is 2. The molecule has 35 heavy (non-hydrogen) atoms. The molecule has 1 amide bonds. The van der Waals surface area contributed by atoms with E-state index in [-0.39, 0.29) is 24.3 Å². The van der Waals surface area contributed by atoms with Gasteiger partial charge < -0.3 is 24.1 Å². The molecule has 7 heteroatoms. The van der Waals surface area contributed by atoms with Crippen LogP contribution in [0.1, 0.15) is 42.8 Å². The van der Waals surface area contributed by atoms with Crippen molar-refractivity contribution in [1.82, 2.24) is 14.9 Å². The van der Waals surface area contributed by atoms with Crippen molar-refractivity contribution >= 4 is 12.0 Å². The fourth-order valence-corrected chi connectivity index (χ4v) is 3.83. The number of nitrogens with one attached hydrogen (secondary N) is 1. The van der Waals surface area contributed by atoms with Crippen molar-refractivity contribution in [2.45, 2.75) is 52.0 Å². The second-order valence-electron chi connectivity index (χ2n) is 8.83. The van der Waals surface area contributed by atoms with Crippen LogP contribution in [0.15, 0.2) is 67.1 Å². The van der Waals surface area contributed by atoms with E-state index in [4.69, 9.17) is 14.2 Å². The maximum absolute atomic E-state index is 11.8. The van der Waals surface area contributed by atoms with Crippen molar-refractivity contribution in [3.8, 4) is 11.5 Å². The summed E-state index contributed by atoms with van der Waals surface area (Å²) in [7, 11) is 0. The SMILES string of the molecule is CCCNC(=O)/C=C/c1cn([C@H]2C[C@H](Oc3ccc(C)cc3)[C@@H](COc3ccc(C)cc3)O2)cn1. The minimum absolute atomic E-state index is 0.126. The van der Waals surface area contributed by atoms with Gasteiger partial charge in [-0.05, 0) is 50.6 Å². The van der Waals surface area contributed by atoms with Crippen LogP contribution < -0.4 is 14.8 Å². The molecule has 2 aromatic carbocycles. The third-order valence-electron chi connectivity index (χ3n) is 5.83. The minimum Gasteiger partial charge on any atom is -0.491 e. The Morgan fingerprint density at radius 2 is 1.80 bits per heavy atom. The molecule has 3 atom stereocenters. The lowest BCUT2D eigenvalue weighted by Gasteiger charge is -2.20. The van der Waals surface area contributed by atoms with Crippen molar-refractivity contribution in [1.29, 1.82) is 0 Å². The Morgan fingerprint density at radius 3 is 2.49 bits per heavy atom. The summed E-state index contributed by atoms with van der Waals surface area (Å²) in [5.41, 5.74) is 3.05. The summed E-state index contributed by atoms with van der Waals surface area (Å²) in [5, 5.41) is 2.82. The number of benzene rings is 2. The molecule has 1 saturated heterocycles. The fraction of sp³-hybridized carbons (Fsp3) is 0.357. The van der Waals surface area contributed by atoms with E-state index in [1.54, 1.807) is 12.4 Å². The molecule has 1 N–H and O–H groups in total. The van der Waals surface area contributed by atoms with Crippen LogP contribution in [-0.4, -0.2) is 40.8 Å². The summed E-state index contributed by atoms with van der Waals surface area (Å²) in [6.07, 6.45) is 7.65. The van der Waals surface area contributed by atoms with Crippen LogP contribution in [0.3, 0.4) is 0 Å². The first-order chi connectivity index (χ1) is 17.0. The summed E-state index contributed by atoms with van der Waals surface area (Å²) >= 11 is 0. The Balaban J connectivity index is 1.43. The molecule has 184 valence electrons.